The number of anilines is 2. The number of aromatic nitrogens is 4. The molecule has 0 unspecified atom stereocenters. The van der Waals surface area contributed by atoms with Gasteiger partial charge in [0.1, 0.15) is 0 Å². The largest absolute Gasteiger partial charge is 0.351 e. The summed E-state index contributed by atoms with van der Waals surface area (Å²) in [5, 5.41) is 20.8. The van der Waals surface area contributed by atoms with Gasteiger partial charge < -0.3 is 10.6 Å². The van der Waals surface area contributed by atoms with Gasteiger partial charge in [0.25, 0.3) is 5.91 Å². The molecule has 0 atom stereocenters. The lowest BCUT2D eigenvalue weighted by molar-refractivity contribution is 0.0951. The molecular formula is C22H14BrClF2N6O. The van der Waals surface area contributed by atoms with E-state index in [0.29, 0.717) is 21.5 Å². The zero-order valence-corrected chi connectivity index (χ0v) is 19.0. The van der Waals surface area contributed by atoms with E-state index in [0.717, 1.165) is 11.6 Å². The molecule has 1 amide bonds. The Hall–Kier alpha value is -3.50. The van der Waals surface area contributed by atoms with Crippen molar-refractivity contribution in [3.05, 3.63) is 93.2 Å². The lowest BCUT2D eigenvalue weighted by Crippen LogP contribution is -2.24. The van der Waals surface area contributed by atoms with E-state index < -0.39 is 17.5 Å². The number of carbonyl (C=O) groups is 1. The van der Waals surface area contributed by atoms with Crippen molar-refractivity contribution in [2.75, 3.05) is 5.32 Å². The van der Waals surface area contributed by atoms with Crippen LogP contribution in [0.5, 0.6) is 0 Å². The Morgan fingerprint density at radius 2 is 1.73 bits per heavy atom. The number of nitrogens with one attached hydrogen (secondary N) is 2. The van der Waals surface area contributed by atoms with Crippen LogP contribution in [-0.4, -0.2) is 26.3 Å². The first kappa shape index (κ1) is 22.7. The van der Waals surface area contributed by atoms with Crippen molar-refractivity contribution in [1.82, 2.24) is 25.7 Å². The third-order valence-electron chi connectivity index (χ3n) is 4.60. The summed E-state index contributed by atoms with van der Waals surface area (Å²) >= 11 is 9.46. The number of halogens is 4. The molecule has 0 bridgehead atoms. The average Bonchev–Trinajstić information content (AvgIpc) is 2.83. The van der Waals surface area contributed by atoms with Crippen LogP contribution in [0.25, 0.3) is 11.4 Å². The van der Waals surface area contributed by atoms with E-state index in [1.54, 1.807) is 42.5 Å². The monoisotopic (exact) mass is 530 g/mol. The second-order valence-corrected chi connectivity index (χ2v) is 8.11. The highest BCUT2D eigenvalue weighted by atomic mass is 79.9. The molecule has 7 nitrogen and oxygen atoms in total. The molecular weight excluding hydrogens is 518 g/mol. The molecule has 0 spiro atoms. The Bertz CT molecular complexity index is 1310. The van der Waals surface area contributed by atoms with Gasteiger partial charge in [-0.2, -0.15) is 0 Å². The van der Waals surface area contributed by atoms with E-state index in [1.165, 1.54) is 12.4 Å². The minimum atomic E-state index is -1.18. The Labute approximate surface area is 200 Å². The predicted octanol–water partition coefficient (Wildman–Crippen LogP) is 5.30. The van der Waals surface area contributed by atoms with Gasteiger partial charge in [0.15, 0.2) is 18.0 Å². The smallest absolute Gasteiger partial charge is 0.253 e. The van der Waals surface area contributed by atoms with Crippen LogP contribution >= 0.6 is 27.5 Å². The fraction of sp³-hybridized carbons (Fsp3) is 0.0455. The van der Waals surface area contributed by atoms with Crippen molar-refractivity contribution in [1.29, 1.82) is 0 Å². The number of rotatable bonds is 6. The quantitative estimate of drug-likeness (QED) is 0.351. The average molecular weight is 532 g/mol. The highest BCUT2D eigenvalue weighted by molar-refractivity contribution is 9.10. The van der Waals surface area contributed by atoms with Crippen molar-refractivity contribution < 1.29 is 13.6 Å². The third-order valence-corrected chi connectivity index (χ3v) is 5.41. The van der Waals surface area contributed by atoms with Crippen molar-refractivity contribution >= 4 is 44.8 Å². The van der Waals surface area contributed by atoms with Crippen molar-refractivity contribution in [2.45, 2.75) is 6.54 Å². The van der Waals surface area contributed by atoms with Gasteiger partial charge in [-0.1, -0.05) is 51.8 Å². The maximum absolute atomic E-state index is 14.6. The summed E-state index contributed by atoms with van der Waals surface area (Å²) in [6.45, 7) is 0.155. The molecule has 2 N–H and O–H groups in total. The van der Waals surface area contributed by atoms with Crippen LogP contribution in [0.1, 0.15) is 15.9 Å². The molecule has 0 aliphatic rings. The Balaban J connectivity index is 1.52. The molecule has 1 aromatic heterocycles. The van der Waals surface area contributed by atoms with Crippen LogP contribution in [0.3, 0.4) is 0 Å². The number of amides is 1. The van der Waals surface area contributed by atoms with Crippen LogP contribution in [0, 0.1) is 11.6 Å². The summed E-state index contributed by atoms with van der Waals surface area (Å²) in [4.78, 5) is 12.8. The van der Waals surface area contributed by atoms with Gasteiger partial charge in [-0.25, -0.2) is 8.78 Å². The van der Waals surface area contributed by atoms with E-state index in [1.807, 2.05) is 0 Å². The van der Waals surface area contributed by atoms with Crippen LogP contribution in [0.2, 0.25) is 5.02 Å². The second kappa shape index (κ2) is 9.97. The molecule has 0 radical (unpaired) electrons. The van der Waals surface area contributed by atoms with Gasteiger partial charge in [-0.3, -0.25) is 4.79 Å². The number of hydrogen-bond acceptors (Lipinski definition) is 6. The highest BCUT2D eigenvalue weighted by Crippen LogP contribution is 2.32. The molecule has 1 heterocycles. The summed E-state index contributed by atoms with van der Waals surface area (Å²) in [5.74, 6) is -2.49. The van der Waals surface area contributed by atoms with E-state index in [4.69, 9.17) is 11.6 Å². The Kier molecular flexibility index (Phi) is 6.85. The maximum Gasteiger partial charge on any atom is 0.253 e. The number of nitrogens with zero attached hydrogens (tertiary/aromatic N) is 4. The Morgan fingerprint density at radius 1 is 1.00 bits per heavy atom. The van der Waals surface area contributed by atoms with Crippen molar-refractivity contribution in [3.8, 4) is 11.4 Å². The maximum atomic E-state index is 14.6. The van der Waals surface area contributed by atoms with Gasteiger partial charge in [0, 0.05) is 16.6 Å². The van der Waals surface area contributed by atoms with E-state index in [-0.39, 0.29) is 22.8 Å². The predicted molar refractivity (Wildman–Crippen MR) is 123 cm³/mol. The first-order chi connectivity index (χ1) is 15.9. The molecule has 33 heavy (non-hydrogen) atoms. The van der Waals surface area contributed by atoms with Crippen LogP contribution in [-0.2, 0) is 6.54 Å². The van der Waals surface area contributed by atoms with E-state index >= 15 is 0 Å². The fourth-order valence-corrected chi connectivity index (χ4v) is 3.68. The summed E-state index contributed by atoms with van der Waals surface area (Å²) in [6.07, 6.45) is 1.24. The van der Waals surface area contributed by atoms with E-state index in [9.17, 15) is 13.6 Å². The molecule has 4 aromatic rings. The second-order valence-electron chi connectivity index (χ2n) is 6.78. The summed E-state index contributed by atoms with van der Waals surface area (Å²) in [6, 6.07) is 14.0. The lowest BCUT2D eigenvalue weighted by Gasteiger charge is -2.15. The number of benzene rings is 3. The zero-order chi connectivity index (χ0) is 23.4. The zero-order valence-electron chi connectivity index (χ0n) is 16.7. The first-order valence-electron chi connectivity index (χ1n) is 9.50. The van der Waals surface area contributed by atoms with Crippen molar-refractivity contribution in [2.24, 2.45) is 0 Å². The molecule has 4 rings (SSSR count). The van der Waals surface area contributed by atoms with Gasteiger partial charge in [-0.15, -0.1) is 20.4 Å². The molecule has 0 saturated carbocycles. The van der Waals surface area contributed by atoms with Crippen LogP contribution in [0.15, 0.2) is 65.4 Å². The number of hydrogen-bond donors (Lipinski definition) is 2. The fourth-order valence-electron chi connectivity index (χ4n) is 2.96. The normalized spacial score (nSPS) is 10.7. The van der Waals surface area contributed by atoms with Gasteiger partial charge >= 0.3 is 0 Å². The summed E-state index contributed by atoms with van der Waals surface area (Å²) in [5.41, 5.74) is 1.43. The van der Waals surface area contributed by atoms with Gasteiger partial charge in [0.05, 0.1) is 22.0 Å². The first-order valence-corrected chi connectivity index (χ1v) is 10.7. The minimum absolute atomic E-state index is 0.0701. The molecule has 0 fully saturated rings. The van der Waals surface area contributed by atoms with Crippen molar-refractivity contribution in [3.63, 3.8) is 0 Å². The molecule has 0 saturated heterocycles. The van der Waals surface area contributed by atoms with Crippen LogP contribution in [0.4, 0.5) is 20.2 Å². The lowest BCUT2D eigenvalue weighted by atomic mass is 10.1. The summed E-state index contributed by atoms with van der Waals surface area (Å²) in [7, 11) is 0. The summed E-state index contributed by atoms with van der Waals surface area (Å²) < 4.78 is 29.2. The molecule has 0 aliphatic carbocycles. The standard InChI is InChI=1S/C22H14BrClF2N6O/c23-14-5-8-18(16(24)9-14)30-20-15(6-7-17(25)19(20)26)22(33)27-10-12-1-3-13(4-2-12)21-31-28-11-29-32-21/h1-9,11,30H,10H2,(H,27,33). The van der Waals surface area contributed by atoms with Gasteiger partial charge in [0.2, 0.25) is 5.82 Å². The third kappa shape index (κ3) is 5.29. The SMILES string of the molecule is O=C(NCc1ccc(-c2nncnn2)cc1)c1ccc(F)c(F)c1Nc1ccc(Br)cc1Cl. The highest BCUT2D eigenvalue weighted by Gasteiger charge is 2.20. The topological polar surface area (TPSA) is 92.7 Å². The molecule has 3 aromatic carbocycles. The molecule has 0 aliphatic heterocycles. The Morgan fingerprint density at radius 3 is 2.42 bits per heavy atom. The van der Waals surface area contributed by atoms with E-state index in [2.05, 4.69) is 47.0 Å². The minimum Gasteiger partial charge on any atom is -0.351 e. The van der Waals surface area contributed by atoms with Gasteiger partial charge in [-0.05, 0) is 35.9 Å². The number of carbonyl (C=O) groups excluding carboxylic acids is 1. The molecule has 166 valence electrons. The molecule has 11 heteroatoms. The van der Waals surface area contributed by atoms with Crippen LogP contribution < -0.4 is 10.6 Å².